The Hall–Kier alpha value is -1.60. The van der Waals surface area contributed by atoms with E-state index in [0.717, 1.165) is 25.8 Å². The fourth-order valence-corrected chi connectivity index (χ4v) is 4.17. The van der Waals surface area contributed by atoms with E-state index in [9.17, 15) is 9.59 Å². The molecule has 0 saturated carbocycles. The van der Waals surface area contributed by atoms with Crippen LogP contribution in [0.25, 0.3) is 0 Å². The van der Waals surface area contributed by atoms with Gasteiger partial charge in [-0.15, -0.1) is 0 Å². The highest BCUT2D eigenvalue weighted by Crippen LogP contribution is 2.38. The summed E-state index contributed by atoms with van der Waals surface area (Å²) in [5.41, 5.74) is -0.0218. The molecular formula is C17H25ClN4O3. The average Bonchev–Trinajstić information content (AvgIpc) is 3.02. The second kappa shape index (κ2) is 7.74. The number of carbonyl (C=O) groups excluding carboxylic acids is 2. The third-order valence-corrected chi connectivity index (χ3v) is 5.48. The van der Waals surface area contributed by atoms with Gasteiger partial charge in [-0.25, -0.2) is 0 Å². The van der Waals surface area contributed by atoms with Crippen LogP contribution in [-0.2, 0) is 16.1 Å². The minimum atomic E-state index is -0.0218. The quantitative estimate of drug-likeness (QED) is 0.845. The van der Waals surface area contributed by atoms with Crippen molar-refractivity contribution >= 4 is 23.4 Å². The highest BCUT2D eigenvalue weighted by atomic mass is 35.5. The monoisotopic (exact) mass is 368 g/mol. The summed E-state index contributed by atoms with van der Waals surface area (Å²) in [4.78, 5) is 28.3. The van der Waals surface area contributed by atoms with E-state index in [1.807, 2.05) is 4.90 Å². The third-order valence-electron chi connectivity index (χ3n) is 5.29. The predicted octanol–water partition coefficient (Wildman–Crippen LogP) is 1.15. The first-order chi connectivity index (χ1) is 12.0. The summed E-state index contributed by atoms with van der Waals surface area (Å²) in [5, 5.41) is 13.8. The maximum Gasteiger partial charge on any atom is 0.224 e. The van der Waals surface area contributed by atoms with Crippen molar-refractivity contribution in [2.45, 2.75) is 38.6 Å². The summed E-state index contributed by atoms with van der Waals surface area (Å²) in [7, 11) is 0. The molecular weight excluding hydrogens is 344 g/mol. The molecule has 25 heavy (non-hydrogen) atoms. The molecule has 0 unspecified atom stereocenters. The smallest absolute Gasteiger partial charge is 0.224 e. The van der Waals surface area contributed by atoms with Crippen LogP contribution in [0.4, 0.5) is 0 Å². The van der Waals surface area contributed by atoms with Crippen LogP contribution >= 0.6 is 11.6 Å². The van der Waals surface area contributed by atoms with Gasteiger partial charge < -0.3 is 14.9 Å². The molecule has 2 aliphatic heterocycles. The number of rotatable bonds is 5. The summed E-state index contributed by atoms with van der Waals surface area (Å²) < 4.78 is 1.68. The Balaban J connectivity index is 1.58. The SMILES string of the molecule is O=C1CC[C@@]2(CCCN(C(=O)CCn3cc(Cl)cn3)C2)CN1CCO. The van der Waals surface area contributed by atoms with Crippen LogP contribution in [0, 0.1) is 5.41 Å². The topological polar surface area (TPSA) is 78.7 Å². The van der Waals surface area contributed by atoms with Gasteiger partial charge in [0.05, 0.1) is 17.8 Å². The Labute approximate surface area is 152 Å². The number of carbonyl (C=O) groups is 2. The maximum atomic E-state index is 12.6. The Kier molecular flexibility index (Phi) is 5.64. The molecule has 1 N–H and O–H groups in total. The number of aromatic nitrogens is 2. The van der Waals surface area contributed by atoms with E-state index >= 15 is 0 Å². The molecule has 1 aromatic heterocycles. The van der Waals surface area contributed by atoms with Gasteiger partial charge in [-0.3, -0.25) is 14.3 Å². The lowest BCUT2D eigenvalue weighted by Crippen LogP contribution is -2.55. The van der Waals surface area contributed by atoms with Gasteiger partial charge in [0.1, 0.15) is 0 Å². The lowest BCUT2D eigenvalue weighted by Gasteiger charge is -2.48. The molecule has 2 aliphatic rings. The van der Waals surface area contributed by atoms with Crippen molar-refractivity contribution in [3.05, 3.63) is 17.4 Å². The number of β-amino-alcohol motifs (C(OH)–C–C–N with tert-alkyl or cyclic N) is 1. The van der Waals surface area contributed by atoms with Crippen LogP contribution in [0.2, 0.25) is 5.02 Å². The van der Waals surface area contributed by atoms with Gasteiger partial charge in [0.25, 0.3) is 0 Å². The van der Waals surface area contributed by atoms with Gasteiger partial charge >= 0.3 is 0 Å². The average molecular weight is 369 g/mol. The van der Waals surface area contributed by atoms with E-state index in [4.69, 9.17) is 16.7 Å². The first kappa shape index (κ1) is 18.2. The maximum absolute atomic E-state index is 12.6. The van der Waals surface area contributed by atoms with Gasteiger partial charge in [-0.2, -0.15) is 5.10 Å². The molecule has 2 fully saturated rings. The van der Waals surface area contributed by atoms with Crippen molar-refractivity contribution in [3.8, 4) is 0 Å². The molecule has 1 spiro atoms. The van der Waals surface area contributed by atoms with Crippen molar-refractivity contribution in [1.82, 2.24) is 19.6 Å². The fraction of sp³-hybridized carbons (Fsp3) is 0.706. The number of nitrogens with zero attached hydrogens (tertiary/aromatic N) is 4. The van der Waals surface area contributed by atoms with Gasteiger partial charge in [0.15, 0.2) is 0 Å². The molecule has 0 aromatic carbocycles. The van der Waals surface area contributed by atoms with E-state index in [0.29, 0.717) is 44.0 Å². The van der Waals surface area contributed by atoms with Crippen LogP contribution in [0.15, 0.2) is 12.4 Å². The molecule has 1 atom stereocenters. The van der Waals surface area contributed by atoms with Crippen LogP contribution in [0.1, 0.15) is 32.1 Å². The molecule has 1 aromatic rings. The number of amides is 2. The Morgan fingerprint density at radius 1 is 1.32 bits per heavy atom. The number of hydrogen-bond donors (Lipinski definition) is 1. The summed E-state index contributed by atoms with van der Waals surface area (Å²) in [6.45, 7) is 3.00. The number of hydrogen-bond acceptors (Lipinski definition) is 4. The molecule has 3 rings (SSSR count). The van der Waals surface area contributed by atoms with Crippen LogP contribution in [0.5, 0.6) is 0 Å². The normalized spacial score (nSPS) is 24.2. The van der Waals surface area contributed by atoms with Crippen LogP contribution in [0.3, 0.4) is 0 Å². The zero-order valence-electron chi connectivity index (χ0n) is 14.4. The number of aryl methyl sites for hydroxylation is 1. The van der Waals surface area contributed by atoms with Crippen molar-refractivity contribution in [3.63, 3.8) is 0 Å². The second-order valence-electron chi connectivity index (χ2n) is 7.13. The van der Waals surface area contributed by atoms with Crippen molar-refractivity contribution in [1.29, 1.82) is 0 Å². The van der Waals surface area contributed by atoms with E-state index in [1.54, 1.807) is 22.0 Å². The Bertz CT molecular complexity index is 635. The fourth-order valence-electron chi connectivity index (χ4n) is 4.01. The second-order valence-corrected chi connectivity index (χ2v) is 7.57. The molecule has 8 heteroatoms. The number of halogens is 1. The number of aliphatic hydroxyl groups is 1. The van der Waals surface area contributed by atoms with Crippen molar-refractivity contribution in [2.75, 3.05) is 32.8 Å². The standard InChI is InChI=1S/C17H25ClN4O3/c18-14-10-19-22(11-14)7-3-16(25)20-6-1-4-17(12-20)5-2-15(24)21(13-17)8-9-23/h10-11,23H,1-9,12-13H2/t17-/m1/s1. The van der Waals surface area contributed by atoms with Crippen molar-refractivity contribution in [2.24, 2.45) is 5.41 Å². The molecule has 7 nitrogen and oxygen atoms in total. The molecule has 2 amide bonds. The number of likely N-dealkylation sites (tertiary alicyclic amines) is 2. The zero-order chi connectivity index (χ0) is 17.9. The Morgan fingerprint density at radius 2 is 2.16 bits per heavy atom. The summed E-state index contributed by atoms with van der Waals surface area (Å²) in [5.74, 6) is 0.231. The highest BCUT2D eigenvalue weighted by Gasteiger charge is 2.42. The van der Waals surface area contributed by atoms with Gasteiger partial charge in [0.2, 0.25) is 11.8 Å². The number of piperidine rings is 2. The van der Waals surface area contributed by atoms with Crippen LogP contribution in [-0.4, -0.2) is 69.3 Å². The molecule has 2 saturated heterocycles. The van der Waals surface area contributed by atoms with Crippen LogP contribution < -0.4 is 0 Å². The van der Waals surface area contributed by atoms with E-state index in [2.05, 4.69) is 5.10 Å². The van der Waals surface area contributed by atoms with E-state index < -0.39 is 0 Å². The third kappa shape index (κ3) is 4.33. The van der Waals surface area contributed by atoms with E-state index in [1.165, 1.54) is 0 Å². The van der Waals surface area contributed by atoms with Crippen molar-refractivity contribution < 1.29 is 14.7 Å². The highest BCUT2D eigenvalue weighted by molar-refractivity contribution is 6.30. The first-order valence-corrected chi connectivity index (χ1v) is 9.23. The largest absolute Gasteiger partial charge is 0.395 e. The Morgan fingerprint density at radius 3 is 2.88 bits per heavy atom. The molecule has 0 bridgehead atoms. The lowest BCUT2D eigenvalue weighted by atomic mass is 9.73. The predicted molar refractivity (Wildman–Crippen MR) is 93.0 cm³/mol. The first-order valence-electron chi connectivity index (χ1n) is 8.86. The summed E-state index contributed by atoms with van der Waals surface area (Å²) in [6.07, 6.45) is 7.00. The number of aliphatic hydroxyl groups excluding tert-OH is 1. The van der Waals surface area contributed by atoms with Gasteiger partial charge in [-0.1, -0.05) is 11.6 Å². The minimum absolute atomic E-state index is 0.0170. The lowest BCUT2D eigenvalue weighted by molar-refractivity contribution is -0.143. The molecule has 3 heterocycles. The summed E-state index contributed by atoms with van der Waals surface area (Å²) >= 11 is 5.84. The van der Waals surface area contributed by atoms with Gasteiger partial charge in [-0.05, 0) is 19.3 Å². The molecule has 138 valence electrons. The molecule has 0 aliphatic carbocycles. The van der Waals surface area contributed by atoms with E-state index in [-0.39, 0.29) is 23.8 Å². The minimum Gasteiger partial charge on any atom is -0.395 e. The zero-order valence-corrected chi connectivity index (χ0v) is 15.1. The van der Waals surface area contributed by atoms with Gasteiger partial charge in [0, 0.05) is 57.2 Å². The summed E-state index contributed by atoms with van der Waals surface area (Å²) in [6, 6.07) is 0. The molecule has 0 radical (unpaired) electrons.